The lowest BCUT2D eigenvalue weighted by Gasteiger charge is -2.10. The van der Waals surface area contributed by atoms with Gasteiger partial charge in [-0.15, -0.1) is 0 Å². The quantitative estimate of drug-likeness (QED) is 0.768. The second-order valence-corrected chi connectivity index (χ2v) is 3.64. The summed E-state index contributed by atoms with van der Waals surface area (Å²) in [4.78, 5) is 0. The number of benzene rings is 1. The van der Waals surface area contributed by atoms with Crippen molar-refractivity contribution in [1.82, 2.24) is 5.32 Å². The highest BCUT2D eigenvalue weighted by Gasteiger charge is 2.22. The molecule has 1 unspecified atom stereocenters. The second-order valence-electron chi connectivity index (χ2n) is 3.64. The zero-order chi connectivity index (χ0) is 10.1. The topological polar surface area (TPSA) is 12.0 Å². The minimum absolute atomic E-state index is 0.139. The average Bonchev–Trinajstić information content (AvgIpc) is 2.59. The Balaban J connectivity index is 2.34. The van der Waals surface area contributed by atoms with Gasteiger partial charge in [0.25, 0.3) is 6.43 Å². The van der Waals surface area contributed by atoms with Crippen LogP contribution in [0.15, 0.2) is 18.2 Å². The molecule has 1 aliphatic rings. The Labute approximate surface area is 82.1 Å². The largest absolute Gasteiger partial charge is 0.313 e. The van der Waals surface area contributed by atoms with Crippen LogP contribution in [0.1, 0.15) is 35.6 Å². The summed E-state index contributed by atoms with van der Waals surface area (Å²) in [5, 5.41) is 3.18. The molecule has 1 nitrogen and oxygen atoms in total. The first-order valence-corrected chi connectivity index (χ1v) is 4.80. The van der Waals surface area contributed by atoms with E-state index in [4.69, 9.17) is 0 Å². The van der Waals surface area contributed by atoms with Crippen LogP contribution in [0, 0.1) is 0 Å². The Bertz CT molecular complexity index is 336. The van der Waals surface area contributed by atoms with Gasteiger partial charge in [-0.1, -0.05) is 12.1 Å². The Hall–Kier alpha value is -0.960. The predicted molar refractivity (Wildman–Crippen MR) is 51.5 cm³/mol. The smallest absolute Gasteiger partial charge is 0.263 e. The molecule has 0 aromatic heterocycles. The summed E-state index contributed by atoms with van der Waals surface area (Å²) in [6.07, 6.45) is -0.436. The average molecular weight is 197 g/mol. The number of alkyl halides is 2. The van der Waals surface area contributed by atoms with Crippen LogP contribution in [0.3, 0.4) is 0 Å². The molecule has 0 saturated heterocycles. The maximum atomic E-state index is 12.4. The Morgan fingerprint density at radius 1 is 1.43 bits per heavy atom. The summed E-state index contributed by atoms with van der Waals surface area (Å²) in [5.74, 6) is 0. The van der Waals surface area contributed by atoms with Crippen LogP contribution in [-0.4, -0.2) is 7.05 Å². The van der Waals surface area contributed by atoms with E-state index >= 15 is 0 Å². The van der Waals surface area contributed by atoms with E-state index in [1.807, 2.05) is 13.1 Å². The molecule has 1 aliphatic carbocycles. The van der Waals surface area contributed by atoms with Crippen LogP contribution in [0.4, 0.5) is 8.78 Å². The van der Waals surface area contributed by atoms with E-state index in [1.54, 1.807) is 6.07 Å². The van der Waals surface area contributed by atoms with Gasteiger partial charge < -0.3 is 5.32 Å². The number of nitrogens with one attached hydrogen (secondary N) is 1. The molecule has 14 heavy (non-hydrogen) atoms. The molecule has 1 atom stereocenters. The molecule has 0 spiro atoms. The zero-order valence-corrected chi connectivity index (χ0v) is 8.06. The third kappa shape index (κ3) is 1.52. The van der Waals surface area contributed by atoms with Gasteiger partial charge in [-0.25, -0.2) is 8.78 Å². The Morgan fingerprint density at radius 3 is 2.86 bits per heavy atom. The van der Waals surface area contributed by atoms with E-state index in [9.17, 15) is 8.78 Å². The SMILES string of the molecule is CNC1CCc2cc(C(F)F)ccc21. The summed E-state index contributed by atoms with van der Waals surface area (Å²) < 4.78 is 24.8. The van der Waals surface area contributed by atoms with E-state index in [2.05, 4.69) is 5.32 Å². The van der Waals surface area contributed by atoms with Crippen molar-refractivity contribution in [2.24, 2.45) is 0 Å². The van der Waals surface area contributed by atoms with Crippen LogP contribution < -0.4 is 5.32 Å². The van der Waals surface area contributed by atoms with Crippen LogP contribution >= 0.6 is 0 Å². The molecule has 76 valence electrons. The van der Waals surface area contributed by atoms with Crippen molar-refractivity contribution in [1.29, 1.82) is 0 Å². The third-order valence-electron chi connectivity index (χ3n) is 2.85. The molecular weight excluding hydrogens is 184 g/mol. The summed E-state index contributed by atoms with van der Waals surface area (Å²) in [5.41, 5.74) is 2.39. The van der Waals surface area contributed by atoms with E-state index in [1.165, 1.54) is 11.6 Å². The van der Waals surface area contributed by atoms with E-state index in [0.717, 1.165) is 18.4 Å². The number of rotatable bonds is 2. The number of aryl methyl sites for hydroxylation is 1. The van der Waals surface area contributed by atoms with Gasteiger partial charge in [-0.05, 0) is 37.1 Å². The van der Waals surface area contributed by atoms with E-state index < -0.39 is 6.43 Å². The molecule has 1 aromatic rings. The first kappa shape index (κ1) is 9.59. The van der Waals surface area contributed by atoms with Gasteiger partial charge >= 0.3 is 0 Å². The summed E-state index contributed by atoms with van der Waals surface area (Å²) in [6.45, 7) is 0. The van der Waals surface area contributed by atoms with Crippen LogP contribution in [-0.2, 0) is 6.42 Å². The normalized spacial score (nSPS) is 20.1. The Morgan fingerprint density at radius 2 is 2.21 bits per heavy atom. The van der Waals surface area contributed by atoms with Crippen LogP contribution in [0.5, 0.6) is 0 Å². The molecule has 0 saturated carbocycles. The molecule has 1 N–H and O–H groups in total. The van der Waals surface area contributed by atoms with Crippen molar-refractivity contribution in [3.63, 3.8) is 0 Å². The van der Waals surface area contributed by atoms with Gasteiger partial charge in [0.2, 0.25) is 0 Å². The molecular formula is C11H13F2N. The maximum Gasteiger partial charge on any atom is 0.263 e. The Kier molecular flexibility index (Phi) is 2.50. The van der Waals surface area contributed by atoms with Gasteiger partial charge in [-0.2, -0.15) is 0 Å². The van der Waals surface area contributed by atoms with E-state index in [0.29, 0.717) is 6.04 Å². The third-order valence-corrected chi connectivity index (χ3v) is 2.85. The molecule has 0 amide bonds. The maximum absolute atomic E-state index is 12.4. The lowest BCUT2D eigenvalue weighted by atomic mass is 10.1. The molecule has 2 rings (SSSR count). The predicted octanol–water partition coefficient (Wildman–Crippen LogP) is 2.83. The van der Waals surface area contributed by atoms with Crippen molar-refractivity contribution in [3.05, 3.63) is 34.9 Å². The lowest BCUT2D eigenvalue weighted by molar-refractivity contribution is 0.151. The summed E-state index contributed by atoms with van der Waals surface area (Å²) >= 11 is 0. The van der Waals surface area contributed by atoms with Crippen molar-refractivity contribution >= 4 is 0 Å². The van der Waals surface area contributed by atoms with Gasteiger partial charge in [0.1, 0.15) is 0 Å². The minimum Gasteiger partial charge on any atom is -0.313 e. The number of hydrogen-bond donors (Lipinski definition) is 1. The molecule has 0 heterocycles. The first-order valence-electron chi connectivity index (χ1n) is 4.80. The number of fused-ring (bicyclic) bond motifs is 1. The highest BCUT2D eigenvalue weighted by molar-refractivity contribution is 5.38. The fourth-order valence-corrected chi connectivity index (χ4v) is 2.07. The molecule has 0 fully saturated rings. The fraction of sp³-hybridized carbons (Fsp3) is 0.455. The second kappa shape index (κ2) is 3.65. The van der Waals surface area contributed by atoms with E-state index in [-0.39, 0.29) is 5.56 Å². The number of hydrogen-bond acceptors (Lipinski definition) is 1. The zero-order valence-electron chi connectivity index (χ0n) is 8.06. The minimum atomic E-state index is -2.35. The first-order chi connectivity index (χ1) is 6.72. The summed E-state index contributed by atoms with van der Waals surface area (Å²) in [6, 6.07) is 5.33. The van der Waals surface area contributed by atoms with Gasteiger partial charge in [0.05, 0.1) is 0 Å². The lowest BCUT2D eigenvalue weighted by Crippen LogP contribution is -2.12. The standard InChI is InChI=1S/C11H13F2N/c1-14-10-5-3-7-6-8(11(12)13)2-4-9(7)10/h2,4,6,10-11,14H,3,5H2,1H3. The van der Waals surface area contributed by atoms with Crippen molar-refractivity contribution in [2.45, 2.75) is 25.3 Å². The van der Waals surface area contributed by atoms with Crippen LogP contribution in [0.2, 0.25) is 0 Å². The molecule has 1 aromatic carbocycles. The molecule has 3 heteroatoms. The summed E-state index contributed by atoms with van der Waals surface area (Å²) in [7, 11) is 1.90. The van der Waals surface area contributed by atoms with Gasteiger partial charge in [-0.3, -0.25) is 0 Å². The molecule has 0 bridgehead atoms. The van der Waals surface area contributed by atoms with Crippen molar-refractivity contribution in [3.8, 4) is 0 Å². The number of halogens is 2. The van der Waals surface area contributed by atoms with Gasteiger partial charge in [0, 0.05) is 11.6 Å². The highest BCUT2D eigenvalue weighted by atomic mass is 19.3. The van der Waals surface area contributed by atoms with Crippen molar-refractivity contribution in [2.75, 3.05) is 7.05 Å². The fourth-order valence-electron chi connectivity index (χ4n) is 2.07. The molecule has 0 radical (unpaired) electrons. The van der Waals surface area contributed by atoms with Gasteiger partial charge in [0.15, 0.2) is 0 Å². The van der Waals surface area contributed by atoms with Crippen molar-refractivity contribution < 1.29 is 8.78 Å². The van der Waals surface area contributed by atoms with Crippen LogP contribution in [0.25, 0.3) is 0 Å². The molecule has 0 aliphatic heterocycles. The highest BCUT2D eigenvalue weighted by Crippen LogP contribution is 2.33. The monoisotopic (exact) mass is 197 g/mol.